The maximum atomic E-state index is 11.1. The molecule has 0 saturated carbocycles. The van der Waals surface area contributed by atoms with Crippen molar-refractivity contribution in [1.82, 2.24) is 0 Å². The second-order valence-corrected chi connectivity index (χ2v) is 3.70. The molecule has 0 aliphatic rings. The predicted octanol–water partition coefficient (Wildman–Crippen LogP) is 1.35. The van der Waals surface area contributed by atoms with Gasteiger partial charge in [0.25, 0.3) is 0 Å². The highest BCUT2D eigenvalue weighted by Crippen LogP contribution is 2.02. The Morgan fingerprint density at radius 1 is 1.15 bits per heavy atom. The molecule has 0 fully saturated rings. The van der Waals surface area contributed by atoms with Crippen LogP contribution in [0.5, 0.6) is 0 Å². The molecule has 6 nitrogen and oxygen atoms in total. The van der Waals surface area contributed by atoms with E-state index in [-0.39, 0.29) is 13.2 Å². The van der Waals surface area contributed by atoms with Crippen molar-refractivity contribution in [3.63, 3.8) is 0 Å². The summed E-state index contributed by atoms with van der Waals surface area (Å²) in [6.07, 6.45) is 0. The van der Waals surface area contributed by atoms with Gasteiger partial charge in [0.05, 0.1) is 13.2 Å². The van der Waals surface area contributed by atoms with Crippen molar-refractivity contribution in [1.29, 1.82) is 4.78 Å². The van der Waals surface area contributed by atoms with Gasteiger partial charge in [-0.3, -0.25) is 0 Å². The minimum absolute atomic E-state index is 0.0336. The lowest BCUT2D eigenvalue weighted by Gasteiger charge is -2.04. The second-order valence-electron chi connectivity index (χ2n) is 1.92. The smallest absolute Gasteiger partial charge is 0.416 e. The third-order valence-electron chi connectivity index (χ3n) is 0.994. The number of carbonyl (C=O) groups is 2. The van der Waals surface area contributed by atoms with Gasteiger partial charge in [0, 0.05) is 0 Å². The van der Waals surface area contributed by atoms with E-state index >= 15 is 0 Å². The first-order valence-corrected chi connectivity index (χ1v) is 5.15. The van der Waals surface area contributed by atoms with Gasteiger partial charge in [0.1, 0.15) is 0 Å². The summed E-state index contributed by atoms with van der Waals surface area (Å²) in [5.41, 5.74) is 0. The van der Waals surface area contributed by atoms with E-state index in [4.69, 9.17) is 4.78 Å². The molecular weight excluding hydrogens is 198 g/mol. The van der Waals surface area contributed by atoms with Crippen molar-refractivity contribution >= 4 is 20.3 Å². The lowest BCUT2D eigenvalue weighted by atomic mass is 10.9. The van der Waals surface area contributed by atoms with E-state index in [1.54, 1.807) is 0 Å². The predicted molar refractivity (Wildman–Crippen MR) is 44.9 cm³/mol. The molecule has 0 aromatic heterocycles. The van der Waals surface area contributed by atoms with Gasteiger partial charge in [-0.15, -0.1) is 0 Å². The Hall–Kier alpha value is -1.11. The zero-order valence-corrected chi connectivity index (χ0v) is 8.18. The van der Waals surface area contributed by atoms with Crippen molar-refractivity contribution in [3.8, 4) is 0 Å². The van der Waals surface area contributed by atoms with E-state index in [0.29, 0.717) is 0 Å². The van der Waals surface area contributed by atoms with E-state index in [1.807, 2.05) is 0 Å². The molecule has 0 bridgehead atoms. The average Bonchev–Trinajstić information content (AvgIpc) is 2.05. The van der Waals surface area contributed by atoms with Crippen LogP contribution in [-0.2, 0) is 19.2 Å². The molecular formula is C6H11NO5S. The summed E-state index contributed by atoms with van der Waals surface area (Å²) >= 11 is 0. The van der Waals surface area contributed by atoms with Crippen LogP contribution in [0.15, 0.2) is 0 Å². The Labute approximate surface area is 76.2 Å². The summed E-state index contributed by atoms with van der Waals surface area (Å²) < 4.78 is 26.5. The fraction of sp³-hybridized carbons (Fsp3) is 0.667. The van der Waals surface area contributed by atoms with Crippen LogP contribution in [0.4, 0.5) is 9.59 Å². The van der Waals surface area contributed by atoms with Crippen LogP contribution in [0, 0.1) is 4.78 Å². The van der Waals surface area contributed by atoms with Gasteiger partial charge in [0.2, 0.25) is 9.73 Å². The molecule has 7 heteroatoms. The molecule has 0 amide bonds. The highest BCUT2D eigenvalue weighted by molar-refractivity contribution is 8.19. The molecule has 0 rings (SSSR count). The van der Waals surface area contributed by atoms with Crippen LogP contribution in [0.25, 0.3) is 0 Å². The molecule has 76 valence electrons. The minimum atomic E-state index is -4.09. The molecule has 0 aliphatic heterocycles. The van der Waals surface area contributed by atoms with Gasteiger partial charge < -0.3 is 9.47 Å². The van der Waals surface area contributed by atoms with Crippen LogP contribution in [0.3, 0.4) is 0 Å². The van der Waals surface area contributed by atoms with E-state index in [9.17, 15) is 13.8 Å². The molecule has 0 aliphatic carbocycles. The lowest BCUT2D eigenvalue weighted by molar-refractivity contribution is 0.172. The maximum Gasteiger partial charge on any atom is 0.416 e. The first-order chi connectivity index (χ1) is 5.96. The first kappa shape index (κ1) is 11.9. The Morgan fingerprint density at radius 3 is 1.69 bits per heavy atom. The first-order valence-electron chi connectivity index (χ1n) is 3.59. The van der Waals surface area contributed by atoms with Crippen LogP contribution in [-0.4, -0.2) is 28.0 Å². The lowest BCUT2D eigenvalue weighted by Crippen LogP contribution is -2.24. The van der Waals surface area contributed by atoms with Crippen molar-refractivity contribution in [2.45, 2.75) is 13.8 Å². The van der Waals surface area contributed by atoms with E-state index in [1.165, 1.54) is 13.8 Å². The standard InChI is InChI=1S/C6H11NO5S/c1-3-11-5(8)13(7,10)6(9)12-4-2/h7H,3-4H2,1-2H3. The Bertz CT molecular complexity index is 270. The fourth-order valence-corrected chi connectivity index (χ4v) is 1.17. The topological polar surface area (TPSA) is 93.5 Å². The van der Waals surface area contributed by atoms with Gasteiger partial charge in [-0.25, -0.2) is 18.6 Å². The minimum Gasteiger partial charge on any atom is -0.455 e. The molecule has 0 radical (unpaired) electrons. The summed E-state index contributed by atoms with van der Waals surface area (Å²) in [4.78, 5) is 21.6. The van der Waals surface area contributed by atoms with Crippen molar-refractivity contribution in [2.75, 3.05) is 13.2 Å². The van der Waals surface area contributed by atoms with Gasteiger partial charge >= 0.3 is 10.6 Å². The molecule has 0 saturated heterocycles. The molecule has 0 spiro atoms. The number of hydrogen-bond donors (Lipinski definition) is 1. The average molecular weight is 209 g/mol. The number of hydrogen-bond acceptors (Lipinski definition) is 6. The summed E-state index contributed by atoms with van der Waals surface area (Å²) in [7, 11) is -4.09. The normalized spacial score (nSPS) is 10.6. The van der Waals surface area contributed by atoms with Gasteiger partial charge in [-0.2, -0.15) is 0 Å². The SMILES string of the molecule is CCOC(=O)S(=N)(=O)C(=O)OCC. The zero-order valence-electron chi connectivity index (χ0n) is 7.36. The largest absolute Gasteiger partial charge is 0.455 e. The molecule has 1 N–H and O–H groups in total. The highest BCUT2D eigenvalue weighted by atomic mass is 32.2. The van der Waals surface area contributed by atoms with E-state index in [0.717, 1.165) is 0 Å². The van der Waals surface area contributed by atoms with Crippen molar-refractivity contribution < 1.29 is 23.3 Å². The summed E-state index contributed by atoms with van der Waals surface area (Å²) in [5.74, 6) is 0. The molecule has 0 aromatic rings. The Kier molecular flexibility index (Phi) is 4.39. The summed E-state index contributed by atoms with van der Waals surface area (Å²) in [6.45, 7) is 2.90. The van der Waals surface area contributed by atoms with E-state index in [2.05, 4.69) is 9.47 Å². The van der Waals surface area contributed by atoms with Gasteiger partial charge in [-0.05, 0) is 13.8 Å². The fourth-order valence-electron chi connectivity index (χ4n) is 0.470. The van der Waals surface area contributed by atoms with Crippen LogP contribution in [0.2, 0.25) is 0 Å². The van der Waals surface area contributed by atoms with E-state index < -0.39 is 20.3 Å². The van der Waals surface area contributed by atoms with Crippen LogP contribution >= 0.6 is 0 Å². The quantitative estimate of drug-likeness (QED) is 0.692. The zero-order chi connectivity index (χ0) is 10.5. The Morgan fingerprint density at radius 2 is 1.46 bits per heavy atom. The number of nitrogens with one attached hydrogen (secondary N) is 1. The summed E-state index contributed by atoms with van der Waals surface area (Å²) in [6, 6.07) is 0. The van der Waals surface area contributed by atoms with Crippen LogP contribution < -0.4 is 0 Å². The molecule has 0 heterocycles. The molecule has 0 atom stereocenters. The monoisotopic (exact) mass is 209 g/mol. The van der Waals surface area contributed by atoms with Gasteiger partial charge in [0.15, 0.2) is 0 Å². The Balaban J connectivity index is 4.57. The van der Waals surface area contributed by atoms with Crippen molar-refractivity contribution in [2.24, 2.45) is 0 Å². The van der Waals surface area contributed by atoms with Crippen LogP contribution in [0.1, 0.15) is 13.8 Å². The molecule has 13 heavy (non-hydrogen) atoms. The van der Waals surface area contributed by atoms with Gasteiger partial charge in [-0.1, -0.05) is 0 Å². The molecule has 0 aromatic carbocycles. The third kappa shape index (κ3) is 3.02. The second kappa shape index (κ2) is 4.80. The number of rotatable bonds is 2. The molecule has 0 unspecified atom stereocenters. The van der Waals surface area contributed by atoms with Crippen molar-refractivity contribution in [3.05, 3.63) is 0 Å². The summed E-state index contributed by atoms with van der Waals surface area (Å²) in [5, 5.41) is -2.71. The third-order valence-corrected chi connectivity index (χ3v) is 2.17. The number of ether oxygens (including phenoxy) is 2. The number of carbonyl (C=O) groups excluding carboxylic acids is 2. The maximum absolute atomic E-state index is 11.1. The highest BCUT2D eigenvalue weighted by Gasteiger charge is 2.29.